The lowest BCUT2D eigenvalue weighted by Crippen LogP contribution is -2.37. The fourth-order valence-corrected chi connectivity index (χ4v) is 1.73. The minimum Gasteiger partial charge on any atom is -0.458 e. The van der Waals surface area contributed by atoms with E-state index in [0.29, 0.717) is 10.6 Å². The average Bonchev–Trinajstić information content (AvgIpc) is 2.35. The summed E-state index contributed by atoms with van der Waals surface area (Å²) in [6.45, 7) is 4.91. The fourth-order valence-electron chi connectivity index (χ4n) is 1.54. The van der Waals surface area contributed by atoms with E-state index in [1.54, 1.807) is 39.0 Å². The molecular formula is C15H18ClNO4. The van der Waals surface area contributed by atoms with Crippen LogP contribution in [-0.4, -0.2) is 34.3 Å². The number of rotatable bonds is 5. The minimum absolute atomic E-state index is 0.0230. The number of aliphatic hydroxyl groups is 1. The molecule has 1 aromatic carbocycles. The van der Waals surface area contributed by atoms with Crippen molar-refractivity contribution in [1.29, 1.82) is 5.41 Å². The molecule has 114 valence electrons. The molecule has 0 saturated carbocycles. The highest BCUT2D eigenvalue weighted by atomic mass is 35.5. The molecule has 0 aliphatic carbocycles. The van der Waals surface area contributed by atoms with Crippen LogP contribution in [0.15, 0.2) is 24.3 Å². The van der Waals surface area contributed by atoms with E-state index in [-0.39, 0.29) is 12.1 Å². The van der Waals surface area contributed by atoms with E-state index in [1.807, 2.05) is 0 Å². The second-order valence-electron chi connectivity index (χ2n) is 5.57. The molecule has 5 nitrogen and oxygen atoms in total. The van der Waals surface area contributed by atoms with Crippen LogP contribution in [-0.2, 0) is 14.3 Å². The van der Waals surface area contributed by atoms with Crippen molar-refractivity contribution in [3.63, 3.8) is 0 Å². The van der Waals surface area contributed by atoms with Gasteiger partial charge in [-0.25, -0.2) is 4.79 Å². The van der Waals surface area contributed by atoms with Gasteiger partial charge in [0.2, 0.25) is 6.10 Å². The van der Waals surface area contributed by atoms with Crippen molar-refractivity contribution in [3.8, 4) is 0 Å². The Labute approximate surface area is 128 Å². The van der Waals surface area contributed by atoms with Crippen molar-refractivity contribution in [3.05, 3.63) is 34.9 Å². The second-order valence-corrected chi connectivity index (χ2v) is 6.00. The zero-order valence-corrected chi connectivity index (χ0v) is 12.9. The number of halogens is 1. The van der Waals surface area contributed by atoms with Gasteiger partial charge in [-0.05, 0) is 38.5 Å². The number of nitrogens with one attached hydrogen (secondary N) is 1. The SMILES string of the molecule is CC(C)(C)OC(=O)C(O)C(=O)CC(=N)c1cccc(Cl)c1. The summed E-state index contributed by atoms with van der Waals surface area (Å²) in [6, 6.07) is 6.47. The summed E-state index contributed by atoms with van der Waals surface area (Å²) in [5, 5.41) is 17.9. The average molecular weight is 312 g/mol. The van der Waals surface area contributed by atoms with Crippen LogP contribution in [0.1, 0.15) is 32.8 Å². The maximum absolute atomic E-state index is 11.8. The van der Waals surface area contributed by atoms with E-state index in [0.717, 1.165) is 0 Å². The lowest BCUT2D eigenvalue weighted by Gasteiger charge is -2.21. The summed E-state index contributed by atoms with van der Waals surface area (Å²) >= 11 is 5.81. The number of Topliss-reactive ketones (excluding diaryl/α,β-unsaturated/α-hetero) is 1. The number of esters is 1. The van der Waals surface area contributed by atoms with Crippen LogP contribution in [0.2, 0.25) is 5.02 Å². The Balaban J connectivity index is 2.68. The summed E-state index contributed by atoms with van der Waals surface area (Å²) in [6.07, 6.45) is -2.26. The van der Waals surface area contributed by atoms with Crippen LogP contribution >= 0.6 is 11.6 Å². The zero-order chi connectivity index (χ0) is 16.2. The molecule has 1 rings (SSSR count). The molecule has 1 atom stereocenters. The Bertz CT molecular complexity index is 563. The van der Waals surface area contributed by atoms with Gasteiger partial charge in [0.25, 0.3) is 0 Å². The highest BCUT2D eigenvalue weighted by molar-refractivity contribution is 6.31. The van der Waals surface area contributed by atoms with E-state index in [9.17, 15) is 14.7 Å². The summed E-state index contributed by atoms with van der Waals surface area (Å²) in [7, 11) is 0. The number of carbonyl (C=O) groups excluding carboxylic acids is 2. The molecule has 21 heavy (non-hydrogen) atoms. The maximum Gasteiger partial charge on any atom is 0.343 e. The molecule has 0 fully saturated rings. The van der Waals surface area contributed by atoms with Gasteiger partial charge in [-0.1, -0.05) is 23.7 Å². The van der Waals surface area contributed by atoms with Crippen LogP contribution in [0.3, 0.4) is 0 Å². The Kier molecular flexibility index (Phi) is 5.63. The summed E-state index contributed by atoms with van der Waals surface area (Å²) < 4.78 is 4.93. The summed E-state index contributed by atoms with van der Waals surface area (Å²) in [4.78, 5) is 23.4. The van der Waals surface area contributed by atoms with Gasteiger partial charge in [-0.2, -0.15) is 0 Å². The smallest absolute Gasteiger partial charge is 0.343 e. The van der Waals surface area contributed by atoms with Gasteiger partial charge in [-0.15, -0.1) is 0 Å². The molecule has 6 heteroatoms. The molecule has 0 aliphatic heterocycles. The number of aliphatic hydroxyl groups excluding tert-OH is 1. The predicted molar refractivity (Wildman–Crippen MR) is 79.8 cm³/mol. The lowest BCUT2D eigenvalue weighted by molar-refractivity contribution is -0.167. The molecule has 0 heterocycles. The van der Waals surface area contributed by atoms with Gasteiger partial charge in [0.1, 0.15) is 5.60 Å². The van der Waals surface area contributed by atoms with E-state index in [4.69, 9.17) is 21.7 Å². The van der Waals surface area contributed by atoms with Gasteiger partial charge in [0.05, 0.1) is 6.42 Å². The summed E-state index contributed by atoms with van der Waals surface area (Å²) in [5.74, 6) is -1.79. The normalized spacial score (nSPS) is 12.6. The van der Waals surface area contributed by atoms with Crippen molar-refractivity contribution in [2.45, 2.75) is 38.9 Å². The number of carbonyl (C=O) groups is 2. The van der Waals surface area contributed by atoms with Crippen molar-refractivity contribution in [1.82, 2.24) is 0 Å². The number of ketones is 1. The van der Waals surface area contributed by atoms with Gasteiger partial charge in [0, 0.05) is 10.7 Å². The molecule has 1 unspecified atom stereocenters. The quantitative estimate of drug-likeness (QED) is 0.496. The Morgan fingerprint density at radius 1 is 1.38 bits per heavy atom. The standard InChI is InChI=1S/C15H18ClNO4/c1-15(2,3)21-14(20)13(19)12(18)8-11(17)9-5-4-6-10(16)7-9/h4-7,13,17,19H,8H2,1-3H3. The van der Waals surface area contributed by atoms with Gasteiger partial charge < -0.3 is 15.3 Å². The molecule has 0 bridgehead atoms. The minimum atomic E-state index is -1.89. The maximum atomic E-state index is 11.8. The number of hydrogen-bond donors (Lipinski definition) is 2. The third-order valence-corrected chi connectivity index (χ3v) is 2.69. The molecule has 0 aliphatic rings. The third kappa shape index (κ3) is 5.65. The molecule has 0 aromatic heterocycles. The first kappa shape index (κ1) is 17.3. The monoisotopic (exact) mass is 311 g/mol. The second kappa shape index (κ2) is 6.83. The highest BCUT2D eigenvalue weighted by Gasteiger charge is 2.29. The van der Waals surface area contributed by atoms with Crippen LogP contribution in [0, 0.1) is 5.41 Å². The largest absolute Gasteiger partial charge is 0.458 e. The highest BCUT2D eigenvalue weighted by Crippen LogP contribution is 2.14. The first-order valence-electron chi connectivity index (χ1n) is 6.37. The van der Waals surface area contributed by atoms with Crippen LogP contribution in [0.5, 0.6) is 0 Å². The van der Waals surface area contributed by atoms with Crippen molar-refractivity contribution in [2.75, 3.05) is 0 Å². The van der Waals surface area contributed by atoms with Gasteiger partial charge in [-0.3, -0.25) is 4.79 Å². The van der Waals surface area contributed by atoms with Gasteiger partial charge in [0.15, 0.2) is 5.78 Å². The summed E-state index contributed by atoms with van der Waals surface area (Å²) in [5.41, 5.74) is -0.351. The predicted octanol–water partition coefficient (Wildman–Crippen LogP) is 2.37. The lowest BCUT2D eigenvalue weighted by atomic mass is 10.0. The third-order valence-electron chi connectivity index (χ3n) is 2.46. The van der Waals surface area contributed by atoms with Crippen molar-refractivity contribution >= 4 is 29.1 Å². The van der Waals surface area contributed by atoms with Gasteiger partial charge >= 0.3 is 5.97 Å². The first-order chi connectivity index (χ1) is 9.60. The van der Waals surface area contributed by atoms with Crippen LogP contribution in [0.25, 0.3) is 0 Å². The Morgan fingerprint density at radius 3 is 2.52 bits per heavy atom. The Hall–Kier alpha value is -1.72. The van der Waals surface area contributed by atoms with Crippen molar-refractivity contribution < 1.29 is 19.4 Å². The molecular weight excluding hydrogens is 294 g/mol. The van der Waals surface area contributed by atoms with E-state index in [1.165, 1.54) is 6.07 Å². The first-order valence-corrected chi connectivity index (χ1v) is 6.75. The van der Waals surface area contributed by atoms with E-state index >= 15 is 0 Å². The topological polar surface area (TPSA) is 87.5 Å². The van der Waals surface area contributed by atoms with Crippen LogP contribution in [0.4, 0.5) is 0 Å². The molecule has 1 aromatic rings. The van der Waals surface area contributed by atoms with E-state index < -0.39 is 23.5 Å². The molecule has 0 spiro atoms. The number of benzene rings is 1. The van der Waals surface area contributed by atoms with E-state index in [2.05, 4.69) is 0 Å². The molecule has 0 radical (unpaired) electrons. The van der Waals surface area contributed by atoms with Crippen LogP contribution < -0.4 is 0 Å². The molecule has 2 N–H and O–H groups in total. The molecule has 0 saturated heterocycles. The Morgan fingerprint density at radius 2 is 2.00 bits per heavy atom. The number of hydrogen-bond acceptors (Lipinski definition) is 5. The van der Waals surface area contributed by atoms with Crippen molar-refractivity contribution in [2.24, 2.45) is 0 Å². The molecule has 0 amide bonds. The number of ether oxygens (including phenoxy) is 1. The zero-order valence-electron chi connectivity index (χ0n) is 12.1. The fraction of sp³-hybridized carbons (Fsp3) is 0.400.